The molecule has 1 unspecified atom stereocenters. The monoisotopic (exact) mass is 249 g/mol. The van der Waals surface area contributed by atoms with E-state index in [0.717, 1.165) is 24.9 Å². The lowest BCUT2D eigenvalue weighted by atomic mass is 9.77. The van der Waals surface area contributed by atoms with Crippen LogP contribution in [0.5, 0.6) is 0 Å². The van der Waals surface area contributed by atoms with E-state index in [2.05, 4.69) is 37.3 Å². The Bertz CT molecular complexity index is 371. The number of hydrogen-bond donors (Lipinski definition) is 1. The average Bonchev–Trinajstić information content (AvgIpc) is 3.00. The molecule has 3 nitrogen and oxygen atoms in total. The third-order valence-electron chi connectivity index (χ3n) is 4.13. The van der Waals surface area contributed by atoms with Crippen molar-refractivity contribution in [2.75, 3.05) is 6.54 Å². The van der Waals surface area contributed by atoms with Gasteiger partial charge >= 0.3 is 0 Å². The second-order valence-electron chi connectivity index (χ2n) is 6.73. The standard InChI is InChI=1S/C15H27N3/c1-15(2,3)12(11-16-13-6-7-13)5-8-14-9-10-17-18(14)4/h9-10,12-13,16H,5-8,11H2,1-4H3. The predicted octanol–water partition coefficient (Wildman–Crippen LogP) is 2.77. The van der Waals surface area contributed by atoms with Crippen LogP contribution in [0.1, 0.15) is 45.7 Å². The molecule has 0 saturated heterocycles. The fraction of sp³-hybridized carbons (Fsp3) is 0.800. The minimum atomic E-state index is 0.375. The highest BCUT2D eigenvalue weighted by atomic mass is 15.2. The molecular formula is C15H27N3. The van der Waals surface area contributed by atoms with Crippen molar-refractivity contribution >= 4 is 0 Å². The molecule has 0 radical (unpaired) electrons. The van der Waals surface area contributed by atoms with Crippen molar-refractivity contribution < 1.29 is 0 Å². The molecule has 1 heterocycles. The first-order valence-electron chi connectivity index (χ1n) is 7.17. The van der Waals surface area contributed by atoms with E-state index >= 15 is 0 Å². The SMILES string of the molecule is Cn1nccc1CCC(CNC1CC1)C(C)(C)C. The summed E-state index contributed by atoms with van der Waals surface area (Å²) in [5.41, 5.74) is 1.72. The van der Waals surface area contributed by atoms with Gasteiger partial charge in [0.15, 0.2) is 0 Å². The molecule has 2 rings (SSSR count). The Morgan fingerprint density at radius 1 is 1.44 bits per heavy atom. The smallest absolute Gasteiger partial charge is 0.0492 e. The summed E-state index contributed by atoms with van der Waals surface area (Å²) in [4.78, 5) is 0. The van der Waals surface area contributed by atoms with Gasteiger partial charge in [-0.25, -0.2) is 0 Å². The van der Waals surface area contributed by atoms with Crippen molar-refractivity contribution in [2.24, 2.45) is 18.4 Å². The van der Waals surface area contributed by atoms with E-state index in [1.807, 2.05) is 17.9 Å². The normalized spacial score (nSPS) is 18.0. The molecule has 1 atom stereocenters. The Hall–Kier alpha value is -0.830. The van der Waals surface area contributed by atoms with Gasteiger partial charge in [0.05, 0.1) is 0 Å². The van der Waals surface area contributed by atoms with Crippen LogP contribution >= 0.6 is 0 Å². The van der Waals surface area contributed by atoms with Crippen LogP contribution in [0, 0.1) is 11.3 Å². The Kier molecular flexibility index (Phi) is 4.10. The van der Waals surface area contributed by atoms with Crippen molar-refractivity contribution in [2.45, 2.75) is 52.5 Å². The van der Waals surface area contributed by atoms with Gasteiger partial charge in [-0.15, -0.1) is 0 Å². The van der Waals surface area contributed by atoms with Gasteiger partial charge in [-0.1, -0.05) is 20.8 Å². The van der Waals surface area contributed by atoms with Crippen LogP contribution in [-0.4, -0.2) is 22.4 Å². The minimum absolute atomic E-state index is 0.375. The second kappa shape index (κ2) is 5.43. The highest BCUT2D eigenvalue weighted by molar-refractivity contribution is 5.00. The van der Waals surface area contributed by atoms with Crippen LogP contribution in [0.2, 0.25) is 0 Å². The van der Waals surface area contributed by atoms with Gasteiger partial charge in [0.2, 0.25) is 0 Å². The molecule has 3 heteroatoms. The van der Waals surface area contributed by atoms with Crippen LogP contribution in [0.4, 0.5) is 0 Å². The van der Waals surface area contributed by atoms with Gasteiger partial charge in [0.25, 0.3) is 0 Å². The molecular weight excluding hydrogens is 222 g/mol. The van der Waals surface area contributed by atoms with Gasteiger partial charge in [0, 0.05) is 25.0 Å². The molecule has 1 saturated carbocycles. The molecule has 1 aromatic heterocycles. The van der Waals surface area contributed by atoms with Gasteiger partial charge in [-0.05, 0) is 49.6 Å². The number of hydrogen-bond acceptors (Lipinski definition) is 2. The summed E-state index contributed by atoms with van der Waals surface area (Å²) in [7, 11) is 2.03. The first-order valence-corrected chi connectivity index (χ1v) is 7.17. The van der Waals surface area contributed by atoms with Gasteiger partial charge in [0.1, 0.15) is 0 Å². The van der Waals surface area contributed by atoms with E-state index in [9.17, 15) is 0 Å². The van der Waals surface area contributed by atoms with Gasteiger partial charge < -0.3 is 5.32 Å². The Balaban J connectivity index is 1.86. The summed E-state index contributed by atoms with van der Waals surface area (Å²) in [5, 5.41) is 7.93. The first-order chi connectivity index (χ1) is 8.47. The van der Waals surface area contributed by atoms with Crippen molar-refractivity contribution in [1.82, 2.24) is 15.1 Å². The quantitative estimate of drug-likeness (QED) is 0.840. The molecule has 0 aromatic carbocycles. The zero-order valence-corrected chi connectivity index (χ0v) is 12.2. The lowest BCUT2D eigenvalue weighted by molar-refractivity contribution is 0.217. The van der Waals surface area contributed by atoms with E-state index < -0.39 is 0 Å². The number of aryl methyl sites for hydroxylation is 2. The molecule has 1 fully saturated rings. The van der Waals surface area contributed by atoms with Crippen LogP contribution in [-0.2, 0) is 13.5 Å². The van der Waals surface area contributed by atoms with E-state index in [0.29, 0.717) is 5.41 Å². The van der Waals surface area contributed by atoms with Crippen LogP contribution < -0.4 is 5.32 Å². The third-order valence-corrected chi connectivity index (χ3v) is 4.13. The van der Waals surface area contributed by atoms with Crippen molar-refractivity contribution in [1.29, 1.82) is 0 Å². The Morgan fingerprint density at radius 2 is 2.17 bits per heavy atom. The molecule has 102 valence electrons. The fourth-order valence-corrected chi connectivity index (χ4v) is 2.41. The summed E-state index contributed by atoms with van der Waals surface area (Å²) in [6, 6.07) is 2.94. The molecule has 1 aliphatic carbocycles. The zero-order valence-electron chi connectivity index (χ0n) is 12.2. The molecule has 0 bridgehead atoms. The summed E-state index contributed by atoms with van der Waals surface area (Å²) >= 11 is 0. The van der Waals surface area contributed by atoms with Crippen LogP contribution in [0.25, 0.3) is 0 Å². The lowest BCUT2D eigenvalue weighted by Crippen LogP contribution is -2.33. The largest absolute Gasteiger partial charge is 0.314 e. The zero-order chi connectivity index (χ0) is 13.2. The predicted molar refractivity (Wildman–Crippen MR) is 75.5 cm³/mol. The minimum Gasteiger partial charge on any atom is -0.314 e. The maximum atomic E-state index is 4.24. The summed E-state index contributed by atoms with van der Waals surface area (Å²) < 4.78 is 1.99. The third kappa shape index (κ3) is 3.84. The van der Waals surface area contributed by atoms with E-state index in [1.54, 1.807) is 0 Å². The molecule has 18 heavy (non-hydrogen) atoms. The maximum absolute atomic E-state index is 4.24. The first kappa shape index (κ1) is 13.6. The van der Waals surface area contributed by atoms with Crippen molar-refractivity contribution in [3.63, 3.8) is 0 Å². The molecule has 1 aliphatic rings. The number of aromatic nitrogens is 2. The van der Waals surface area contributed by atoms with E-state index in [4.69, 9.17) is 0 Å². The Morgan fingerprint density at radius 3 is 2.67 bits per heavy atom. The van der Waals surface area contributed by atoms with Gasteiger partial charge in [-0.2, -0.15) is 5.10 Å². The summed E-state index contributed by atoms with van der Waals surface area (Å²) in [6.07, 6.45) is 7.01. The van der Waals surface area contributed by atoms with E-state index in [-0.39, 0.29) is 0 Å². The van der Waals surface area contributed by atoms with Crippen molar-refractivity contribution in [3.8, 4) is 0 Å². The molecule has 1 aromatic rings. The highest BCUT2D eigenvalue weighted by Crippen LogP contribution is 2.30. The average molecular weight is 249 g/mol. The number of nitrogens with zero attached hydrogens (tertiary/aromatic N) is 2. The van der Waals surface area contributed by atoms with Crippen LogP contribution in [0.15, 0.2) is 12.3 Å². The fourth-order valence-electron chi connectivity index (χ4n) is 2.41. The lowest BCUT2D eigenvalue weighted by Gasteiger charge is -2.31. The van der Waals surface area contributed by atoms with E-state index in [1.165, 1.54) is 25.0 Å². The summed E-state index contributed by atoms with van der Waals surface area (Å²) in [5.74, 6) is 0.730. The topological polar surface area (TPSA) is 29.9 Å². The molecule has 0 aliphatic heterocycles. The number of rotatable bonds is 6. The van der Waals surface area contributed by atoms with Crippen molar-refractivity contribution in [3.05, 3.63) is 18.0 Å². The summed E-state index contributed by atoms with van der Waals surface area (Å²) in [6.45, 7) is 8.23. The maximum Gasteiger partial charge on any atom is 0.0492 e. The van der Waals surface area contributed by atoms with Crippen LogP contribution in [0.3, 0.4) is 0 Å². The highest BCUT2D eigenvalue weighted by Gasteiger charge is 2.27. The Labute approximate surface area is 111 Å². The molecule has 0 amide bonds. The van der Waals surface area contributed by atoms with Gasteiger partial charge in [-0.3, -0.25) is 4.68 Å². The molecule has 1 N–H and O–H groups in total. The molecule has 0 spiro atoms. The second-order valence-corrected chi connectivity index (χ2v) is 6.73. The number of nitrogens with one attached hydrogen (secondary N) is 1.